The quantitative estimate of drug-likeness (QED) is 0.547. The van der Waals surface area contributed by atoms with Crippen LogP contribution in [0, 0.1) is 5.92 Å². The molecule has 0 radical (unpaired) electrons. The minimum absolute atomic E-state index is 0.0198. The van der Waals surface area contributed by atoms with Crippen molar-refractivity contribution in [2.45, 2.75) is 18.6 Å². The van der Waals surface area contributed by atoms with Crippen molar-refractivity contribution in [3.8, 4) is 11.4 Å². The molecule has 12 heteroatoms. The van der Waals surface area contributed by atoms with E-state index in [2.05, 4.69) is 25.3 Å². The zero-order valence-corrected chi connectivity index (χ0v) is 16.8. The third kappa shape index (κ3) is 5.05. The molecule has 3 N–H and O–H groups in total. The van der Waals surface area contributed by atoms with Gasteiger partial charge < -0.3 is 20.4 Å². The highest BCUT2D eigenvalue weighted by molar-refractivity contribution is 6.31. The third-order valence-corrected chi connectivity index (χ3v) is 5.09. The maximum absolute atomic E-state index is 12.4. The van der Waals surface area contributed by atoms with Crippen molar-refractivity contribution in [1.29, 1.82) is 0 Å². The number of H-pyrrole nitrogens is 1. The average Bonchev–Trinajstić information content (AvgIpc) is 3.15. The fraction of sp³-hybridized carbons (Fsp3) is 0.368. The number of nitrogens with one attached hydrogen (secondary N) is 3. The Hall–Kier alpha value is -2.92. The normalized spacial score (nSPS) is 19.4. The van der Waals surface area contributed by atoms with E-state index in [0.29, 0.717) is 40.9 Å². The Morgan fingerprint density at radius 1 is 1.35 bits per heavy atom. The van der Waals surface area contributed by atoms with Crippen LogP contribution in [0.1, 0.15) is 6.42 Å². The molecule has 0 aromatic carbocycles. The molecule has 1 aliphatic heterocycles. The van der Waals surface area contributed by atoms with Crippen molar-refractivity contribution in [2.24, 2.45) is 5.92 Å². The summed E-state index contributed by atoms with van der Waals surface area (Å²) in [6, 6.07) is 2.94. The Kier molecular flexibility index (Phi) is 5.96. The highest BCUT2D eigenvalue weighted by Gasteiger charge is 2.35. The molecule has 2 atom stereocenters. The largest absolute Gasteiger partial charge is 0.405 e. The number of hydrogen-bond donors (Lipinski definition) is 3. The zero-order chi connectivity index (χ0) is 22.0. The van der Waals surface area contributed by atoms with Gasteiger partial charge in [0.15, 0.2) is 5.82 Å². The number of alkyl halides is 3. The number of amides is 1. The third-order valence-electron chi connectivity index (χ3n) is 4.88. The molecule has 3 aromatic heterocycles. The second-order valence-electron chi connectivity index (χ2n) is 7.07. The summed E-state index contributed by atoms with van der Waals surface area (Å²) in [4.78, 5) is 28.3. The molecule has 0 aliphatic carbocycles. The summed E-state index contributed by atoms with van der Waals surface area (Å²) in [5, 5.41) is 6.29. The lowest BCUT2D eigenvalue weighted by Gasteiger charge is -2.31. The van der Waals surface area contributed by atoms with E-state index in [9.17, 15) is 18.0 Å². The molecule has 4 rings (SSSR count). The van der Waals surface area contributed by atoms with Gasteiger partial charge in [-0.2, -0.15) is 13.2 Å². The van der Waals surface area contributed by atoms with Gasteiger partial charge in [0.2, 0.25) is 5.91 Å². The predicted molar refractivity (Wildman–Crippen MR) is 108 cm³/mol. The van der Waals surface area contributed by atoms with Crippen molar-refractivity contribution in [3.63, 3.8) is 0 Å². The lowest BCUT2D eigenvalue weighted by Crippen LogP contribution is -2.48. The molecule has 0 bridgehead atoms. The SMILES string of the molecule is O=C(NCC(F)(F)F)C1COCCC1Nc1ccnc(-c2c[nH]c3ncc(Cl)cc23)n1. The van der Waals surface area contributed by atoms with Gasteiger partial charge in [-0.15, -0.1) is 0 Å². The minimum atomic E-state index is -4.48. The van der Waals surface area contributed by atoms with Crippen molar-refractivity contribution >= 4 is 34.4 Å². The monoisotopic (exact) mass is 454 g/mol. The molecule has 164 valence electrons. The fourth-order valence-corrected chi connectivity index (χ4v) is 3.57. The van der Waals surface area contributed by atoms with E-state index in [1.165, 1.54) is 6.20 Å². The first-order valence-corrected chi connectivity index (χ1v) is 9.83. The molecular formula is C19H18ClF3N6O2. The van der Waals surface area contributed by atoms with E-state index in [-0.39, 0.29) is 6.61 Å². The maximum Gasteiger partial charge on any atom is 0.405 e. The molecule has 1 fully saturated rings. The molecule has 1 amide bonds. The van der Waals surface area contributed by atoms with Gasteiger partial charge in [0.1, 0.15) is 18.0 Å². The first-order chi connectivity index (χ1) is 14.8. The highest BCUT2D eigenvalue weighted by Crippen LogP contribution is 2.28. The summed E-state index contributed by atoms with van der Waals surface area (Å²) >= 11 is 6.04. The van der Waals surface area contributed by atoms with Crippen LogP contribution in [0.15, 0.2) is 30.7 Å². The molecule has 2 unspecified atom stereocenters. The standard InChI is InChI=1S/C19H18ClF3N6O2/c20-10-5-11-12(7-26-16(11)25-6-10)17-24-3-1-15(29-17)28-14-2-4-31-8-13(14)18(30)27-9-19(21,22)23/h1,3,5-7,13-14H,2,4,8-9H2,(H,25,26)(H,27,30)(H,24,28,29). The number of rotatable bonds is 5. The highest BCUT2D eigenvalue weighted by atomic mass is 35.5. The van der Waals surface area contributed by atoms with Crippen molar-refractivity contribution in [3.05, 3.63) is 35.7 Å². The van der Waals surface area contributed by atoms with Crippen LogP contribution < -0.4 is 10.6 Å². The van der Waals surface area contributed by atoms with E-state index < -0.39 is 30.6 Å². The molecule has 31 heavy (non-hydrogen) atoms. The van der Waals surface area contributed by atoms with Gasteiger partial charge in [-0.05, 0) is 18.6 Å². The van der Waals surface area contributed by atoms with Gasteiger partial charge in [-0.3, -0.25) is 4.79 Å². The molecule has 0 saturated carbocycles. The van der Waals surface area contributed by atoms with Crippen LogP contribution in [0.4, 0.5) is 19.0 Å². The first-order valence-electron chi connectivity index (χ1n) is 9.45. The number of aromatic amines is 1. The van der Waals surface area contributed by atoms with Crippen molar-refractivity contribution in [2.75, 3.05) is 25.1 Å². The van der Waals surface area contributed by atoms with Crippen molar-refractivity contribution < 1.29 is 22.7 Å². The van der Waals surface area contributed by atoms with Crippen LogP contribution >= 0.6 is 11.6 Å². The molecule has 1 saturated heterocycles. The van der Waals surface area contributed by atoms with Gasteiger partial charge >= 0.3 is 6.18 Å². The van der Waals surface area contributed by atoms with E-state index in [1.807, 2.05) is 5.32 Å². The molecule has 4 heterocycles. The van der Waals surface area contributed by atoms with Crippen molar-refractivity contribution in [1.82, 2.24) is 25.3 Å². The second-order valence-corrected chi connectivity index (χ2v) is 7.51. The average molecular weight is 455 g/mol. The number of halogens is 4. The molecule has 1 aliphatic rings. The summed E-state index contributed by atoms with van der Waals surface area (Å²) < 4.78 is 42.7. The topological polar surface area (TPSA) is 105 Å². The minimum Gasteiger partial charge on any atom is -0.380 e. The van der Waals surface area contributed by atoms with Crippen LogP contribution in [0.5, 0.6) is 0 Å². The van der Waals surface area contributed by atoms with Gasteiger partial charge in [0, 0.05) is 42.2 Å². The molecule has 8 nitrogen and oxygen atoms in total. The Morgan fingerprint density at radius 2 is 2.19 bits per heavy atom. The zero-order valence-electron chi connectivity index (χ0n) is 16.0. The lowest BCUT2D eigenvalue weighted by molar-refractivity contribution is -0.143. The van der Waals surface area contributed by atoms with Gasteiger partial charge in [-0.25, -0.2) is 15.0 Å². The Morgan fingerprint density at radius 3 is 3.00 bits per heavy atom. The van der Waals surface area contributed by atoms with Crippen LogP contribution in [-0.2, 0) is 9.53 Å². The summed E-state index contributed by atoms with van der Waals surface area (Å²) in [6.45, 7) is -0.985. The van der Waals surface area contributed by atoms with E-state index in [1.54, 1.807) is 24.5 Å². The summed E-state index contributed by atoms with van der Waals surface area (Å²) in [5.41, 5.74) is 1.33. The first kappa shape index (κ1) is 21.3. The number of hydrogen-bond acceptors (Lipinski definition) is 6. The molecular weight excluding hydrogens is 437 g/mol. The number of anilines is 1. The Labute approximate surface area is 179 Å². The number of nitrogens with zero attached hydrogens (tertiary/aromatic N) is 3. The predicted octanol–water partition coefficient (Wildman–Crippen LogP) is 3.17. The summed E-state index contributed by atoms with van der Waals surface area (Å²) in [6.07, 6.45) is 0.759. The molecule has 0 spiro atoms. The summed E-state index contributed by atoms with van der Waals surface area (Å²) in [7, 11) is 0. The second kappa shape index (κ2) is 8.67. The summed E-state index contributed by atoms with van der Waals surface area (Å²) in [5.74, 6) is -0.660. The number of carbonyl (C=O) groups excluding carboxylic acids is 1. The van der Waals surface area contributed by atoms with Crippen LogP contribution in [-0.4, -0.2) is 57.8 Å². The number of fused-ring (bicyclic) bond motifs is 1. The maximum atomic E-state index is 12.4. The Balaban J connectivity index is 1.53. The number of aromatic nitrogens is 4. The Bertz CT molecular complexity index is 1090. The van der Waals surface area contributed by atoms with E-state index in [0.717, 1.165) is 5.39 Å². The van der Waals surface area contributed by atoms with Gasteiger partial charge in [0.25, 0.3) is 0 Å². The van der Waals surface area contributed by atoms with E-state index >= 15 is 0 Å². The molecule has 3 aromatic rings. The van der Waals surface area contributed by atoms with Gasteiger partial charge in [-0.1, -0.05) is 11.6 Å². The number of ether oxygens (including phenoxy) is 1. The van der Waals surface area contributed by atoms with Crippen LogP contribution in [0.25, 0.3) is 22.4 Å². The lowest BCUT2D eigenvalue weighted by atomic mass is 9.94. The van der Waals surface area contributed by atoms with Crippen LogP contribution in [0.3, 0.4) is 0 Å². The van der Waals surface area contributed by atoms with Crippen LogP contribution in [0.2, 0.25) is 5.02 Å². The smallest absolute Gasteiger partial charge is 0.380 e. The number of pyridine rings is 1. The number of carbonyl (C=O) groups is 1. The van der Waals surface area contributed by atoms with E-state index in [4.69, 9.17) is 16.3 Å². The fourth-order valence-electron chi connectivity index (χ4n) is 3.41. The van der Waals surface area contributed by atoms with Gasteiger partial charge in [0.05, 0.1) is 17.5 Å².